The predicted octanol–water partition coefficient (Wildman–Crippen LogP) is 4.41. The van der Waals surface area contributed by atoms with E-state index in [2.05, 4.69) is 32.4 Å². The van der Waals surface area contributed by atoms with Crippen molar-refractivity contribution < 1.29 is 23.8 Å². The molecule has 184 valence electrons. The van der Waals surface area contributed by atoms with Crippen LogP contribution in [-0.2, 0) is 9.53 Å². The van der Waals surface area contributed by atoms with Gasteiger partial charge in [0.15, 0.2) is 0 Å². The van der Waals surface area contributed by atoms with E-state index in [0.29, 0.717) is 58.4 Å². The minimum Gasteiger partial charge on any atom is -0.483 e. The maximum atomic E-state index is 12.5. The van der Waals surface area contributed by atoms with Crippen molar-refractivity contribution in [3.8, 4) is 29.1 Å². The molecule has 0 spiro atoms. The molecule has 0 radical (unpaired) electrons. The molecule has 2 aromatic carbocycles. The third kappa shape index (κ3) is 5.66. The Kier molecular flexibility index (Phi) is 6.92. The van der Waals surface area contributed by atoms with Crippen molar-refractivity contribution in [2.24, 2.45) is 0 Å². The quantitative estimate of drug-likeness (QED) is 0.366. The molecule has 0 unspecified atom stereocenters. The maximum Gasteiger partial charge on any atom is 0.300 e. The van der Waals surface area contributed by atoms with E-state index in [9.17, 15) is 9.59 Å². The molecular weight excluding hydrogens is 472 g/mol. The van der Waals surface area contributed by atoms with Crippen LogP contribution in [0.2, 0.25) is 0 Å². The standard InChI is InChI=1S/C28H22N4O5/c1-2-5-27(33)31-23-14-21-22(15-25(23)37-20-16-35-17-20)29-13-11-24(21)36-19-9-7-18(8-10-19)28(34)32-26-6-3-4-12-30-26/h3-4,6-15,20H,16-17H2,1H3,(H,31,33)(H,30,32,34). The van der Waals surface area contributed by atoms with E-state index < -0.39 is 5.91 Å². The summed E-state index contributed by atoms with van der Waals surface area (Å²) in [5, 5.41) is 6.19. The van der Waals surface area contributed by atoms with E-state index in [1.165, 1.54) is 0 Å². The number of fused-ring (bicyclic) bond motifs is 1. The zero-order chi connectivity index (χ0) is 25.6. The number of nitrogens with zero attached hydrogens (tertiary/aromatic N) is 2. The van der Waals surface area contributed by atoms with Crippen LogP contribution < -0.4 is 20.1 Å². The average molecular weight is 495 g/mol. The molecule has 2 aromatic heterocycles. The fourth-order valence-corrected chi connectivity index (χ4v) is 3.59. The van der Waals surface area contributed by atoms with Gasteiger partial charge in [-0.1, -0.05) is 12.0 Å². The lowest BCUT2D eigenvalue weighted by Crippen LogP contribution is -2.38. The molecule has 2 amide bonds. The average Bonchev–Trinajstić information content (AvgIpc) is 2.88. The Bertz CT molecular complexity index is 1510. The third-order valence-electron chi connectivity index (χ3n) is 5.44. The Morgan fingerprint density at radius 1 is 0.973 bits per heavy atom. The van der Waals surface area contributed by atoms with Gasteiger partial charge < -0.3 is 24.8 Å². The number of nitrogens with one attached hydrogen (secondary N) is 2. The minimum atomic E-state index is -0.456. The van der Waals surface area contributed by atoms with E-state index in [4.69, 9.17) is 14.2 Å². The molecular formula is C28H22N4O5. The lowest BCUT2D eigenvalue weighted by molar-refractivity contribution is -0.111. The number of hydrogen-bond donors (Lipinski definition) is 2. The minimum absolute atomic E-state index is 0.0989. The number of hydrogen-bond acceptors (Lipinski definition) is 7. The van der Waals surface area contributed by atoms with Gasteiger partial charge >= 0.3 is 0 Å². The summed E-state index contributed by atoms with van der Waals surface area (Å²) in [6, 6.07) is 17.2. The summed E-state index contributed by atoms with van der Waals surface area (Å²) in [5.41, 5.74) is 1.53. The molecule has 1 fully saturated rings. The molecule has 0 saturated carbocycles. The molecule has 1 aliphatic heterocycles. The highest BCUT2D eigenvalue weighted by Gasteiger charge is 2.23. The van der Waals surface area contributed by atoms with Gasteiger partial charge in [-0.25, -0.2) is 4.98 Å². The summed E-state index contributed by atoms with van der Waals surface area (Å²) in [6.07, 6.45) is 3.14. The van der Waals surface area contributed by atoms with Crippen LogP contribution in [0, 0.1) is 11.8 Å². The van der Waals surface area contributed by atoms with Crippen LogP contribution in [0.15, 0.2) is 73.1 Å². The monoisotopic (exact) mass is 494 g/mol. The summed E-state index contributed by atoms with van der Waals surface area (Å²) in [5.74, 6) is 6.31. The molecule has 3 heterocycles. The molecule has 5 rings (SSSR count). The van der Waals surface area contributed by atoms with Crippen LogP contribution in [0.25, 0.3) is 10.9 Å². The van der Waals surface area contributed by atoms with Crippen LogP contribution in [0.4, 0.5) is 11.5 Å². The highest BCUT2D eigenvalue weighted by Crippen LogP contribution is 2.36. The second-order valence-corrected chi connectivity index (χ2v) is 8.08. The van der Waals surface area contributed by atoms with Gasteiger partial charge in [-0.2, -0.15) is 0 Å². The summed E-state index contributed by atoms with van der Waals surface area (Å²) in [4.78, 5) is 33.2. The second-order valence-electron chi connectivity index (χ2n) is 8.08. The van der Waals surface area contributed by atoms with E-state index in [1.807, 2.05) is 0 Å². The first kappa shape index (κ1) is 23.8. The number of rotatable bonds is 7. The second kappa shape index (κ2) is 10.8. The smallest absolute Gasteiger partial charge is 0.300 e. The Hall–Kier alpha value is -4.94. The summed E-state index contributed by atoms with van der Waals surface area (Å²) in [6.45, 7) is 2.55. The van der Waals surface area contributed by atoms with Gasteiger partial charge in [0, 0.05) is 29.4 Å². The maximum absolute atomic E-state index is 12.5. The number of pyridine rings is 2. The molecule has 9 nitrogen and oxygen atoms in total. The number of aromatic nitrogens is 2. The zero-order valence-electron chi connectivity index (χ0n) is 19.9. The molecule has 9 heteroatoms. The number of anilines is 2. The lowest BCUT2D eigenvalue weighted by Gasteiger charge is -2.27. The summed E-state index contributed by atoms with van der Waals surface area (Å²) < 4.78 is 17.3. The Morgan fingerprint density at radius 2 is 1.81 bits per heavy atom. The van der Waals surface area contributed by atoms with Gasteiger partial charge in [-0.15, -0.1) is 0 Å². The Morgan fingerprint density at radius 3 is 2.51 bits per heavy atom. The van der Waals surface area contributed by atoms with E-state index in [-0.39, 0.29) is 12.0 Å². The first-order valence-corrected chi connectivity index (χ1v) is 11.5. The Labute approximate surface area is 212 Å². The van der Waals surface area contributed by atoms with Crippen molar-refractivity contribution in [2.75, 3.05) is 23.8 Å². The van der Waals surface area contributed by atoms with E-state index in [0.717, 1.165) is 0 Å². The van der Waals surface area contributed by atoms with Crippen molar-refractivity contribution in [3.05, 3.63) is 78.6 Å². The highest BCUT2D eigenvalue weighted by molar-refractivity contribution is 6.06. The van der Waals surface area contributed by atoms with Crippen LogP contribution >= 0.6 is 0 Å². The van der Waals surface area contributed by atoms with Crippen molar-refractivity contribution in [1.82, 2.24) is 9.97 Å². The number of benzene rings is 2. The van der Waals surface area contributed by atoms with Gasteiger partial charge in [0.05, 0.1) is 24.4 Å². The van der Waals surface area contributed by atoms with Crippen LogP contribution in [-0.4, -0.2) is 41.1 Å². The number of ether oxygens (including phenoxy) is 3. The van der Waals surface area contributed by atoms with Crippen molar-refractivity contribution in [2.45, 2.75) is 13.0 Å². The first-order valence-electron chi connectivity index (χ1n) is 11.5. The fraction of sp³-hybridized carbons (Fsp3) is 0.143. The topological polar surface area (TPSA) is 112 Å². The van der Waals surface area contributed by atoms with Gasteiger partial charge in [0.25, 0.3) is 11.8 Å². The molecule has 4 aromatic rings. The van der Waals surface area contributed by atoms with Gasteiger partial charge in [-0.05, 0) is 61.4 Å². The molecule has 2 N–H and O–H groups in total. The van der Waals surface area contributed by atoms with Gasteiger partial charge in [0.2, 0.25) is 0 Å². The summed E-state index contributed by atoms with van der Waals surface area (Å²) >= 11 is 0. The normalized spacial score (nSPS) is 12.6. The third-order valence-corrected chi connectivity index (χ3v) is 5.44. The highest BCUT2D eigenvalue weighted by atomic mass is 16.6. The van der Waals surface area contributed by atoms with E-state index >= 15 is 0 Å². The fourth-order valence-electron chi connectivity index (χ4n) is 3.59. The molecule has 1 saturated heterocycles. The Balaban J connectivity index is 1.39. The van der Waals surface area contributed by atoms with Crippen LogP contribution in [0.1, 0.15) is 17.3 Å². The van der Waals surface area contributed by atoms with Crippen LogP contribution in [0.3, 0.4) is 0 Å². The van der Waals surface area contributed by atoms with Crippen molar-refractivity contribution >= 4 is 34.2 Å². The molecule has 1 aliphatic rings. The van der Waals surface area contributed by atoms with Gasteiger partial charge in [-0.3, -0.25) is 14.6 Å². The van der Waals surface area contributed by atoms with Crippen molar-refractivity contribution in [1.29, 1.82) is 0 Å². The summed E-state index contributed by atoms with van der Waals surface area (Å²) in [7, 11) is 0. The first-order chi connectivity index (χ1) is 18.1. The molecule has 0 aliphatic carbocycles. The lowest BCUT2D eigenvalue weighted by atomic mass is 10.1. The molecule has 0 bridgehead atoms. The zero-order valence-corrected chi connectivity index (χ0v) is 19.9. The van der Waals surface area contributed by atoms with Gasteiger partial charge in [0.1, 0.15) is 29.2 Å². The number of carbonyl (C=O) groups is 2. The largest absolute Gasteiger partial charge is 0.483 e. The predicted molar refractivity (Wildman–Crippen MR) is 138 cm³/mol. The van der Waals surface area contributed by atoms with Crippen molar-refractivity contribution in [3.63, 3.8) is 0 Å². The van der Waals surface area contributed by atoms with E-state index in [1.54, 1.807) is 80.0 Å². The SMILES string of the molecule is CC#CC(=O)Nc1cc2c(Oc3ccc(C(=O)Nc4ccccn4)cc3)ccnc2cc1OC1COC1. The molecule has 37 heavy (non-hydrogen) atoms. The molecule has 0 atom stereocenters. The number of carbonyl (C=O) groups excluding carboxylic acids is 2. The van der Waals surface area contributed by atoms with Crippen LogP contribution in [0.5, 0.6) is 17.2 Å². The number of amides is 2.